The first-order valence-corrected chi connectivity index (χ1v) is 10.3. The van der Waals surface area contributed by atoms with Crippen molar-refractivity contribution in [2.75, 3.05) is 13.2 Å². The van der Waals surface area contributed by atoms with E-state index in [2.05, 4.69) is 15.2 Å². The van der Waals surface area contributed by atoms with E-state index in [1.807, 2.05) is 9.95 Å². The van der Waals surface area contributed by atoms with Gasteiger partial charge in [0.15, 0.2) is 11.6 Å². The molecule has 0 aliphatic carbocycles. The van der Waals surface area contributed by atoms with Gasteiger partial charge in [-0.05, 0) is 12.1 Å². The first kappa shape index (κ1) is 19.5. The number of benzene rings is 1. The van der Waals surface area contributed by atoms with E-state index in [4.69, 9.17) is 16.3 Å². The van der Waals surface area contributed by atoms with Gasteiger partial charge in [-0.15, -0.1) is 21.5 Å². The van der Waals surface area contributed by atoms with Crippen molar-refractivity contribution in [2.45, 2.75) is 24.8 Å². The van der Waals surface area contributed by atoms with Gasteiger partial charge < -0.3 is 14.2 Å². The molecule has 1 saturated heterocycles. The number of thiazole rings is 1. The molecule has 1 amide bonds. The Bertz CT molecular complexity index is 1120. The van der Waals surface area contributed by atoms with Crippen molar-refractivity contribution >= 4 is 28.8 Å². The second-order valence-electron chi connectivity index (χ2n) is 6.95. The Balaban J connectivity index is 1.55. The highest BCUT2D eigenvalue weighted by Gasteiger charge is 2.45. The second kappa shape index (κ2) is 7.03. The van der Waals surface area contributed by atoms with Crippen molar-refractivity contribution in [1.82, 2.24) is 24.6 Å². The minimum atomic E-state index is -4.66. The van der Waals surface area contributed by atoms with Crippen LogP contribution in [0.5, 0.6) is 0 Å². The van der Waals surface area contributed by atoms with Crippen LogP contribution < -0.4 is 0 Å². The zero-order chi connectivity index (χ0) is 21.0. The van der Waals surface area contributed by atoms with E-state index in [1.54, 1.807) is 5.51 Å². The molecule has 2 atom stereocenters. The van der Waals surface area contributed by atoms with E-state index < -0.39 is 34.8 Å². The molecule has 5 rings (SSSR count). The number of halogens is 4. The fourth-order valence-corrected chi connectivity index (χ4v) is 4.74. The summed E-state index contributed by atoms with van der Waals surface area (Å²) in [5, 5.41) is 9.69. The van der Waals surface area contributed by atoms with Crippen LogP contribution in [0.2, 0.25) is 5.02 Å². The summed E-state index contributed by atoms with van der Waals surface area (Å²) in [7, 11) is 0. The summed E-state index contributed by atoms with van der Waals surface area (Å²) in [6.07, 6.45) is -4.66. The quantitative estimate of drug-likeness (QED) is 0.589. The molecule has 2 bridgehead atoms. The lowest BCUT2D eigenvalue weighted by molar-refractivity contribution is -0.137. The van der Waals surface area contributed by atoms with Gasteiger partial charge in [-0.2, -0.15) is 13.2 Å². The minimum absolute atomic E-state index is 0.161. The fourth-order valence-electron chi connectivity index (χ4n) is 3.90. The van der Waals surface area contributed by atoms with Crippen LogP contribution in [0.25, 0.3) is 11.5 Å². The molecule has 4 heterocycles. The molecule has 1 aromatic carbocycles. The van der Waals surface area contributed by atoms with Gasteiger partial charge in [-0.25, -0.2) is 4.98 Å². The Kier molecular flexibility index (Phi) is 4.56. The Labute approximate surface area is 177 Å². The van der Waals surface area contributed by atoms with Crippen molar-refractivity contribution in [3.8, 4) is 11.5 Å². The van der Waals surface area contributed by atoms with E-state index in [0.717, 1.165) is 6.07 Å². The third-order valence-electron chi connectivity index (χ3n) is 5.22. The number of hydrogen-bond acceptors (Lipinski definition) is 6. The van der Waals surface area contributed by atoms with E-state index in [1.165, 1.54) is 28.4 Å². The van der Waals surface area contributed by atoms with Crippen LogP contribution in [-0.2, 0) is 17.5 Å². The Morgan fingerprint density at radius 3 is 2.83 bits per heavy atom. The van der Waals surface area contributed by atoms with Gasteiger partial charge in [0.05, 0.1) is 40.9 Å². The lowest BCUT2D eigenvalue weighted by Gasteiger charge is -2.45. The van der Waals surface area contributed by atoms with Gasteiger partial charge >= 0.3 is 6.18 Å². The molecule has 2 aromatic heterocycles. The number of ether oxygens (including phenoxy) is 1. The highest BCUT2D eigenvalue weighted by molar-refractivity contribution is 7.07. The molecule has 1 fully saturated rings. The summed E-state index contributed by atoms with van der Waals surface area (Å²) in [5.41, 5.74) is 1.13. The molecule has 7 nitrogen and oxygen atoms in total. The van der Waals surface area contributed by atoms with Crippen molar-refractivity contribution < 1.29 is 22.7 Å². The monoisotopic (exact) mass is 455 g/mol. The summed E-state index contributed by atoms with van der Waals surface area (Å²) >= 11 is 7.43. The van der Waals surface area contributed by atoms with E-state index >= 15 is 0 Å². The van der Waals surface area contributed by atoms with Gasteiger partial charge in [0.2, 0.25) is 0 Å². The number of aromatic nitrogens is 4. The normalized spacial score (nSPS) is 20.9. The smallest absolute Gasteiger partial charge is 0.377 e. The lowest BCUT2D eigenvalue weighted by Crippen LogP contribution is -2.56. The van der Waals surface area contributed by atoms with Gasteiger partial charge in [0.1, 0.15) is 11.7 Å². The number of hydrogen-bond donors (Lipinski definition) is 0. The standard InChI is InChI=1S/C18H13ClF3N5O2S/c19-14-10(2-1-3-11(14)18(20,21)22)17(28)27-9-4-26-15(12-7-30-8-23-12)24-25-16(26)13(27)6-29-5-9/h1-3,7-9,13H,4-6H2. The number of nitrogens with zero attached hydrogens (tertiary/aromatic N) is 5. The van der Waals surface area contributed by atoms with Crippen molar-refractivity contribution in [3.05, 3.63) is 51.1 Å². The summed E-state index contributed by atoms with van der Waals surface area (Å²) < 4.78 is 47.2. The molecule has 0 radical (unpaired) electrons. The number of morpholine rings is 1. The van der Waals surface area contributed by atoms with Gasteiger partial charge in [-0.3, -0.25) is 4.79 Å². The molecule has 12 heteroatoms. The average molecular weight is 456 g/mol. The predicted molar refractivity (Wildman–Crippen MR) is 101 cm³/mol. The van der Waals surface area contributed by atoms with Crippen LogP contribution in [0.4, 0.5) is 13.2 Å². The lowest BCUT2D eigenvalue weighted by atomic mass is 10.0. The van der Waals surface area contributed by atoms with Crippen molar-refractivity contribution in [2.24, 2.45) is 0 Å². The molecule has 156 valence electrons. The number of amides is 1. The SMILES string of the molecule is O=C(c1cccc(C(F)(F)F)c1Cl)N1C2COCC1c1nnc(-c3cscn3)n1C2. The third-order valence-corrected chi connectivity index (χ3v) is 6.21. The van der Waals surface area contributed by atoms with Crippen LogP contribution in [0.15, 0.2) is 29.1 Å². The Morgan fingerprint density at radius 1 is 1.27 bits per heavy atom. The molecule has 0 N–H and O–H groups in total. The fraction of sp³-hybridized carbons (Fsp3) is 0.333. The van der Waals surface area contributed by atoms with Gasteiger partial charge in [0.25, 0.3) is 5.91 Å². The first-order valence-electron chi connectivity index (χ1n) is 8.94. The largest absolute Gasteiger partial charge is 0.417 e. The summed E-state index contributed by atoms with van der Waals surface area (Å²) in [4.78, 5) is 19.1. The number of fused-ring (bicyclic) bond motifs is 4. The number of rotatable bonds is 2. The maximum atomic E-state index is 13.3. The van der Waals surface area contributed by atoms with E-state index in [9.17, 15) is 18.0 Å². The molecule has 3 aromatic rings. The average Bonchev–Trinajstić information content (AvgIpc) is 3.35. The molecular formula is C18H13ClF3N5O2S. The highest BCUT2D eigenvalue weighted by atomic mass is 35.5. The first-order chi connectivity index (χ1) is 14.4. The number of alkyl halides is 3. The van der Waals surface area contributed by atoms with Gasteiger partial charge in [0, 0.05) is 11.9 Å². The molecule has 0 saturated carbocycles. The van der Waals surface area contributed by atoms with Crippen molar-refractivity contribution in [3.63, 3.8) is 0 Å². The molecule has 30 heavy (non-hydrogen) atoms. The zero-order valence-corrected chi connectivity index (χ0v) is 16.7. The van der Waals surface area contributed by atoms with E-state index in [-0.39, 0.29) is 18.8 Å². The topological polar surface area (TPSA) is 73.1 Å². The van der Waals surface area contributed by atoms with Crippen LogP contribution in [-0.4, -0.2) is 49.8 Å². The molecule has 2 aliphatic rings. The molecular weight excluding hydrogens is 443 g/mol. The van der Waals surface area contributed by atoms with Crippen LogP contribution in [0.1, 0.15) is 27.8 Å². The Hall–Kier alpha value is -2.50. The summed E-state index contributed by atoms with van der Waals surface area (Å²) in [6.45, 7) is 0.745. The molecule has 2 unspecified atom stereocenters. The van der Waals surface area contributed by atoms with Crippen LogP contribution in [0, 0.1) is 0 Å². The van der Waals surface area contributed by atoms with Crippen molar-refractivity contribution in [1.29, 1.82) is 0 Å². The maximum Gasteiger partial charge on any atom is 0.417 e. The summed E-state index contributed by atoms with van der Waals surface area (Å²) in [6, 6.07) is 2.35. The number of carbonyl (C=O) groups is 1. The predicted octanol–water partition coefficient (Wildman–Crippen LogP) is 3.67. The highest BCUT2D eigenvalue weighted by Crippen LogP contribution is 2.40. The van der Waals surface area contributed by atoms with Crippen LogP contribution in [0.3, 0.4) is 0 Å². The zero-order valence-electron chi connectivity index (χ0n) is 15.1. The second-order valence-corrected chi connectivity index (χ2v) is 8.05. The van der Waals surface area contributed by atoms with E-state index in [0.29, 0.717) is 23.9 Å². The summed E-state index contributed by atoms with van der Waals surface area (Å²) in [5.74, 6) is 0.506. The molecule has 0 spiro atoms. The third kappa shape index (κ3) is 2.99. The Morgan fingerprint density at radius 2 is 2.10 bits per heavy atom. The van der Waals surface area contributed by atoms with Gasteiger partial charge in [-0.1, -0.05) is 17.7 Å². The number of carbonyl (C=O) groups excluding carboxylic acids is 1. The van der Waals surface area contributed by atoms with Crippen LogP contribution >= 0.6 is 22.9 Å². The molecule has 2 aliphatic heterocycles. The minimum Gasteiger partial charge on any atom is -0.377 e. The maximum absolute atomic E-state index is 13.3.